The minimum Gasteiger partial charge on any atom is -0.381 e. The van der Waals surface area contributed by atoms with Gasteiger partial charge in [0.15, 0.2) is 11.8 Å². The lowest BCUT2D eigenvalue weighted by Gasteiger charge is -2.25. The Morgan fingerprint density at radius 2 is 2.15 bits per heavy atom. The molecule has 3 heterocycles. The molecule has 2 aliphatic rings. The standard InChI is InChI=1S/C19H34N6O2/c1-14(2)18-23-17-6-5-15(13-25(17)24-18)22-19(20-3)21-9-4-10-27-16-7-11-26-12-8-16/h14-16H,4-13H2,1-3H3,(H2,20,21,22). The van der Waals surface area contributed by atoms with Crippen molar-refractivity contribution in [3.8, 4) is 0 Å². The molecule has 0 aromatic carbocycles. The summed E-state index contributed by atoms with van der Waals surface area (Å²) in [5.41, 5.74) is 0. The van der Waals surface area contributed by atoms with Gasteiger partial charge in [0.25, 0.3) is 0 Å². The van der Waals surface area contributed by atoms with Gasteiger partial charge in [-0.25, -0.2) is 9.67 Å². The maximum Gasteiger partial charge on any atom is 0.191 e. The number of fused-ring (bicyclic) bond motifs is 1. The molecule has 1 unspecified atom stereocenters. The molecule has 8 nitrogen and oxygen atoms in total. The van der Waals surface area contributed by atoms with E-state index >= 15 is 0 Å². The molecule has 2 N–H and O–H groups in total. The van der Waals surface area contributed by atoms with Crippen molar-refractivity contribution < 1.29 is 9.47 Å². The number of aryl methyl sites for hydroxylation is 1. The third kappa shape index (κ3) is 5.90. The molecule has 0 aliphatic carbocycles. The number of hydrogen-bond acceptors (Lipinski definition) is 5. The zero-order chi connectivity index (χ0) is 19.1. The summed E-state index contributed by atoms with van der Waals surface area (Å²) < 4.78 is 13.3. The van der Waals surface area contributed by atoms with Gasteiger partial charge < -0.3 is 20.1 Å². The van der Waals surface area contributed by atoms with Crippen LogP contribution in [-0.4, -0.2) is 66.3 Å². The van der Waals surface area contributed by atoms with Crippen LogP contribution in [0.4, 0.5) is 0 Å². The smallest absolute Gasteiger partial charge is 0.191 e. The highest BCUT2D eigenvalue weighted by Crippen LogP contribution is 2.17. The van der Waals surface area contributed by atoms with Gasteiger partial charge >= 0.3 is 0 Å². The van der Waals surface area contributed by atoms with Crippen LogP contribution >= 0.6 is 0 Å². The van der Waals surface area contributed by atoms with Gasteiger partial charge in [-0.3, -0.25) is 4.99 Å². The first-order valence-electron chi connectivity index (χ1n) is 10.3. The summed E-state index contributed by atoms with van der Waals surface area (Å²) in [7, 11) is 1.81. The molecule has 2 aliphatic heterocycles. The molecule has 1 saturated heterocycles. The zero-order valence-corrected chi connectivity index (χ0v) is 16.9. The molecule has 0 radical (unpaired) electrons. The summed E-state index contributed by atoms with van der Waals surface area (Å²) in [6.45, 7) is 8.38. The van der Waals surface area contributed by atoms with Crippen LogP contribution in [0.15, 0.2) is 4.99 Å². The number of nitrogens with one attached hydrogen (secondary N) is 2. The maximum atomic E-state index is 5.91. The van der Waals surface area contributed by atoms with E-state index in [0.29, 0.717) is 18.1 Å². The van der Waals surface area contributed by atoms with Crippen LogP contribution in [0, 0.1) is 0 Å². The van der Waals surface area contributed by atoms with E-state index in [1.54, 1.807) is 0 Å². The topological polar surface area (TPSA) is 85.6 Å². The van der Waals surface area contributed by atoms with Crippen LogP contribution in [-0.2, 0) is 22.4 Å². The van der Waals surface area contributed by atoms with E-state index < -0.39 is 0 Å². The first kappa shape index (κ1) is 20.1. The van der Waals surface area contributed by atoms with Gasteiger partial charge in [0.2, 0.25) is 0 Å². The Labute approximate surface area is 162 Å². The Hall–Kier alpha value is -1.67. The number of rotatable bonds is 7. The lowest BCUT2D eigenvalue weighted by atomic mass is 10.1. The zero-order valence-electron chi connectivity index (χ0n) is 16.9. The first-order valence-corrected chi connectivity index (χ1v) is 10.3. The molecular formula is C19H34N6O2. The van der Waals surface area contributed by atoms with Crippen LogP contribution in [0.25, 0.3) is 0 Å². The molecule has 0 amide bonds. The molecular weight excluding hydrogens is 344 g/mol. The Balaban J connectivity index is 1.36. The van der Waals surface area contributed by atoms with E-state index in [2.05, 4.69) is 39.6 Å². The van der Waals surface area contributed by atoms with Crippen LogP contribution < -0.4 is 10.6 Å². The second-order valence-corrected chi connectivity index (χ2v) is 7.64. The van der Waals surface area contributed by atoms with Crippen LogP contribution in [0.2, 0.25) is 0 Å². The second kappa shape index (κ2) is 10.0. The van der Waals surface area contributed by atoms with E-state index in [4.69, 9.17) is 9.47 Å². The van der Waals surface area contributed by atoms with Crippen molar-refractivity contribution in [1.29, 1.82) is 0 Å². The van der Waals surface area contributed by atoms with E-state index in [-0.39, 0.29) is 0 Å². The minimum atomic E-state index is 0.323. The van der Waals surface area contributed by atoms with Crippen molar-refractivity contribution in [3.63, 3.8) is 0 Å². The van der Waals surface area contributed by atoms with Gasteiger partial charge in [-0.15, -0.1) is 0 Å². The molecule has 3 rings (SSSR count). The lowest BCUT2D eigenvalue weighted by molar-refractivity contribution is -0.0320. The summed E-state index contributed by atoms with van der Waals surface area (Å²) >= 11 is 0. The number of hydrogen-bond donors (Lipinski definition) is 2. The summed E-state index contributed by atoms with van der Waals surface area (Å²) in [5.74, 6) is 3.26. The number of aromatic nitrogens is 3. The van der Waals surface area contributed by atoms with Crippen molar-refractivity contribution in [3.05, 3.63) is 11.6 Å². The summed E-state index contributed by atoms with van der Waals surface area (Å²) in [6.07, 6.45) is 5.36. The predicted molar refractivity (Wildman–Crippen MR) is 105 cm³/mol. The Bertz CT molecular complexity index is 609. The van der Waals surface area contributed by atoms with E-state index in [9.17, 15) is 0 Å². The van der Waals surface area contributed by atoms with Gasteiger partial charge in [0, 0.05) is 51.8 Å². The largest absolute Gasteiger partial charge is 0.381 e. The van der Waals surface area contributed by atoms with Gasteiger partial charge in [0.1, 0.15) is 5.82 Å². The fraction of sp³-hybridized carbons (Fsp3) is 0.842. The molecule has 0 spiro atoms. The van der Waals surface area contributed by atoms with Gasteiger partial charge in [-0.1, -0.05) is 13.8 Å². The number of aliphatic imine (C=N–C) groups is 1. The minimum absolute atomic E-state index is 0.323. The maximum absolute atomic E-state index is 5.91. The summed E-state index contributed by atoms with van der Waals surface area (Å²) in [6, 6.07) is 0.323. The van der Waals surface area contributed by atoms with Crippen molar-refractivity contribution >= 4 is 5.96 Å². The van der Waals surface area contributed by atoms with Crippen LogP contribution in [0.5, 0.6) is 0 Å². The molecule has 1 aromatic rings. The summed E-state index contributed by atoms with van der Waals surface area (Å²) in [5, 5.41) is 11.6. The molecule has 27 heavy (non-hydrogen) atoms. The Morgan fingerprint density at radius 1 is 1.33 bits per heavy atom. The lowest BCUT2D eigenvalue weighted by Crippen LogP contribution is -2.47. The van der Waals surface area contributed by atoms with Crippen molar-refractivity contribution in [2.24, 2.45) is 4.99 Å². The Morgan fingerprint density at radius 3 is 2.89 bits per heavy atom. The average Bonchev–Trinajstić information content (AvgIpc) is 3.11. The van der Waals surface area contributed by atoms with Gasteiger partial charge in [0.05, 0.1) is 12.6 Å². The van der Waals surface area contributed by atoms with E-state index in [1.165, 1.54) is 0 Å². The third-order valence-electron chi connectivity index (χ3n) is 5.09. The second-order valence-electron chi connectivity index (χ2n) is 7.64. The monoisotopic (exact) mass is 378 g/mol. The molecule has 8 heteroatoms. The quantitative estimate of drug-likeness (QED) is 0.425. The number of nitrogens with zero attached hydrogens (tertiary/aromatic N) is 4. The SMILES string of the molecule is CN=C(NCCCOC1CCOCC1)NC1CCc2nc(C(C)C)nn2C1. The third-order valence-corrected chi connectivity index (χ3v) is 5.09. The first-order chi connectivity index (χ1) is 13.2. The average molecular weight is 379 g/mol. The van der Waals surface area contributed by atoms with Crippen molar-refractivity contribution in [2.75, 3.05) is 33.4 Å². The highest BCUT2D eigenvalue weighted by Gasteiger charge is 2.23. The van der Waals surface area contributed by atoms with Crippen LogP contribution in [0.3, 0.4) is 0 Å². The molecule has 0 bridgehead atoms. The highest BCUT2D eigenvalue weighted by molar-refractivity contribution is 5.79. The normalized spacial score (nSPS) is 21.3. The Kier molecular flexibility index (Phi) is 7.46. The van der Waals surface area contributed by atoms with E-state index in [0.717, 1.165) is 82.6 Å². The molecule has 1 aromatic heterocycles. The fourth-order valence-corrected chi connectivity index (χ4v) is 3.45. The highest BCUT2D eigenvalue weighted by atomic mass is 16.5. The molecule has 152 valence electrons. The van der Waals surface area contributed by atoms with Crippen molar-refractivity contribution in [1.82, 2.24) is 25.4 Å². The fourth-order valence-electron chi connectivity index (χ4n) is 3.45. The number of ether oxygens (including phenoxy) is 2. The van der Waals surface area contributed by atoms with Crippen LogP contribution in [0.1, 0.15) is 57.1 Å². The summed E-state index contributed by atoms with van der Waals surface area (Å²) in [4.78, 5) is 9.00. The molecule has 0 saturated carbocycles. The van der Waals surface area contributed by atoms with Gasteiger partial charge in [-0.05, 0) is 25.7 Å². The van der Waals surface area contributed by atoms with Gasteiger partial charge in [-0.2, -0.15) is 5.10 Å². The number of guanidine groups is 1. The predicted octanol–water partition coefficient (Wildman–Crippen LogP) is 1.47. The van der Waals surface area contributed by atoms with E-state index in [1.807, 2.05) is 11.7 Å². The molecule has 1 atom stereocenters. The molecule has 1 fully saturated rings. The van der Waals surface area contributed by atoms with Crippen molar-refractivity contribution in [2.45, 2.75) is 70.6 Å².